The van der Waals surface area contributed by atoms with Gasteiger partial charge in [-0.25, -0.2) is 0 Å². The lowest BCUT2D eigenvalue weighted by Crippen LogP contribution is -2.34. The van der Waals surface area contributed by atoms with Crippen LogP contribution in [0.2, 0.25) is 0 Å². The molecular weight excluding hydrogens is 150 g/mol. The Bertz CT molecular complexity index is 202. The van der Waals surface area contributed by atoms with Gasteiger partial charge in [-0.1, -0.05) is 10.2 Å². The van der Waals surface area contributed by atoms with Crippen LogP contribution in [0.5, 0.6) is 0 Å². The molecule has 0 aromatic carbocycles. The molecule has 8 nitrogen and oxygen atoms in total. The van der Waals surface area contributed by atoms with Crippen LogP contribution in [-0.2, 0) is 0 Å². The first kappa shape index (κ1) is 9.54. The van der Waals surface area contributed by atoms with Gasteiger partial charge >= 0.3 is 0 Å². The fraction of sp³-hybridized carbons (Fsp3) is 1.00. The van der Waals surface area contributed by atoms with Crippen LogP contribution in [0.4, 0.5) is 0 Å². The maximum atomic E-state index is 8.93. The van der Waals surface area contributed by atoms with E-state index in [1.54, 1.807) is 0 Å². The highest BCUT2D eigenvalue weighted by atomic mass is 16.3. The molecule has 2 atom stereocenters. The van der Waals surface area contributed by atoms with E-state index in [9.17, 15) is 0 Å². The van der Waals surface area contributed by atoms with E-state index in [1.807, 2.05) is 0 Å². The Labute approximate surface area is 61.9 Å². The van der Waals surface area contributed by atoms with E-state index in [-0.39, 0.29) is 6.54 Å². The normalized spacial score (nSPS) is 14.0. The Hall–Kier alpha value is -1.46. The summed E-state index contributed by atoms with van der Waals surface area (Å²) in [4.78, 5) is 4.76. The minimum absolute atomic E-state index is 0.198. The Morgan fingerprint density at radius 3 is 2.55 bits per heavy atom. The van der Waals surface area contributed by atoms with Gasteiger partial charge in [-0.3, -0.25) is 0 Å². The summed E-state index contributed by atoms with van der Waals surface area (Å²) in [6.45, 7) is -0.198. The molecule has 0 amide bonds. The van der Waals surface area contributed by atoms with Gasteiger partial charge in [0.05, 0.1) is 12.6 Å². The molecule has 0 rings (SSSR count). The molecule has 0 spiro atoms. The monoisotopic (exact) mass is 157 g/mol. The molecule has 0 aliphatic carbocycles. The highest BCUT2D eigenvalue weighted by Crippen LogP contribution is 1.93. The smallest absolute Gasteiger partial charge is 0.110 e. The first-order chi connectivity index (χ1) is 5.22. The van der Waals surface area contributed by atoms with E-state index in [0.29, 0.717) is 0 Å². The molecule has 0 aliphatic heterocycles. The molecule has 2 unspecified atom stereocenters. The van der Waals surface area contributed by atoms with Crippen molar-refractivity contribution in [3.63, 3.8) is 0 Å². The van der Waals surface area contributed by atoms with Crippen LogP contribution in [0, 0.1) is 0 Å². The maximum Gasteiger partial charge on any atom is 0.110 e. The summed E-state index contributed by atoms with van der Waals surface area (Å²) in [7, 11) is 0. The second kappa shape index (κ2) is 5.33. The average molecular weight is 157 g/mol. The molecule has 0 aromatic heterocycles. The van der Waals surface area contributed by atoms with Crippen LogP contribution in [0.1, 0.15) is 0 Å². The molecular formula is C3H7N7O. The van der Waals surface area contributed by atoms with Crippen LogP contribution in [0.15, 0.2) is 10.2 Å². The Morgan fingerprint density at radius 1 is 1.45 bits per heavy atom. The number of azide groups is 2. The lowest BCUT2D eigenvalue weighted by molar-refractivity contribution is 0.155. The zero-order valence-corrected chi connectivity index (χ0v) is 5.57. The van der Waals surface area contributed by atoms with Gasteiger partial charge in [0.15, 0.2) is 0 Å². The predicted octanol–water partition coefficient (Wildman–Crippen LogP) is 0.253. The minimum atomic E-state index is -1.12. The molecule has 0 aliphatic rings. The zero-order valence-electron chi connectivity index (χ0n) is 5.57. The highest BCUT2D eigenvalue weighted by Gasteiger charge is 2.10. The lowest BCUT2D eigenvalue weighted by atomic mass is 10.3. The van der Waals surface area contributed by atoms with Crippen LogP contribution in [0.25, 0.3) is 20.9 Å². The van der Waals surface area contributed by atoms with Gasteiger partial charge in [0, 0.05) is 9.82 Å². The van der Waals surface area contributed by atoms with Gasteiger partial charge in [-0.15, -0.1) is 0 Å². The van der Waals surface area contributed by atoms with E-state index < -0.39 is 12.3 Å². The fourth-order valence-corrected chi connectivity index (χ4v) is 0.365. The van der Waals surface area contributed by atoms with Gasteiger partial charge in [0.1, 0.15) is 6.17 Å². The number of nitrogens with two attached hydrogens (primary N) is 1. The maximum absolute atomic E-state index is 8.93. The average Bonchev–Trinajstić information content (AvgIpc) is 2.00. The summed E-state index contributed by atoms with van der Waals surface area (Å²) in [5, 5.41) is 15.0. The third-order valence-corrected chi connectivity index (χ3v) is 0.911. The van der Waals surface area contributed by atoms with Gasteiger partial charge in [0.2, 0.25) is 0 Å². The van der Waals surface area contributed by atoms with Crippen molar-refractivity contribution in [1.82, 2.24) is 0 Å². The fourth-order valence-electron chi connectivity index (χ4n) is 0.365. The first-order valence-corrected chi connectivity index (χ1v) is 2.71. The van der Waals surface area contributed by atoms with E-state index in [0.717, 1.165) is 0 Å². The van der Waals surface area contributed by atoms with Crippen LogP contribution in [0.3, 0.4) is 0 Å². The molecule has 8 heteroatoms. The number of hydrogen-bond donors (Lipinski definition) is 2. The molecule has 3 N–H and O–H groups in total. The summed E-state index contributed by atoms with van der Waals surface area (Å²) in [5.41, 5.74) is 20.8. The third kappa shape index (κ3) is 4.01. The second-order valence-corrected chi connectivity index (χ2v) is 1.68. The summed E-state index contributed by atoms with van der Waals surface area (Å²) in [6, 6.07) is 0. The first-order valence-electron chi connectivity index (χ1n) is 2.71. The Balaban J connectivity index is 3.90. The lowest BCUT2D eigenvalue weighted by Gasteiger charge is -2.09. The molecule has 0 heterocycles. The summed E-state index contributed by atoms with van der Waals surface area (Å²) < 4.78 is 0. The quantitative estimate of drug-likeness (QED) is 0.342. The Morgan fingerprint density at radius 2 is 2.09 bits per heavy atom. The molecule has 0 aromatic rings. The standard InChI is InChI=1S/C3H7N7O/c4-3(8-10-6)2(11)1-7-9-5/h2-3,11H,1,4H2. The molecule has 0 bridgehead atoms. The predicted molar refractivity (Wildman–Crippen MR) is 37.1 cm³/mol. The van der Waals surface area contributed by atoms with Crippen molar-refractivity contribution in [1.29, 1.82) is 0 Å². The van der Waals surface area contributed by atoms with E-state index in [1.165, 1.54) is 0 Å². The molecule has 0 saturated carbocycles. The van der Waals surface area contributed by atoms with Crippen LogP contribution in [-0.4, -0.2) is 23.9 Å². The van der Waals surface area contributed by atoms with E-state index in [2.05, 4.69) is 20.1 Å². The van der Waals surface area contributed by atoms with Gasteiger partial charge in [-0.05, 0) is 11.1 Å². The largest absolute Gasteiger partial charge is 0.391 e. The molecule has 0 radical (unpaired) electrons. The molecule has 0 fully saturated rings. The number of nitrogens with zero attached hydrogens (tertiary/aromatic N) is 6. The van der Waals surface area contributed by atoms with Gasteiger partial charge in [0.25, 0.3) is 0 Å². The number of hydrogen-bond acceptors (Lipinski definition) is 4. The number of aliphatic hydroxyl groups excluding tert-OH is 1. The van der Waals surface area contributed by atoms with Crippen LogP contribution < -0.4 is 5.73 Å². The molecule has 60 valence electrons. The highest BCUT2D eigenvalue weighted by molar-refractivity contribution is 4.71. The summed E-state index contributed by atoms with van der Waals surface area (Å²) in [6.07, 6.45) is -2.19. The van der Waals surface area contributed by atoms with Crippen LogP contribution >= 0.6 is 0 Å². The minimum Gasteiger partial charge on any atom is -0.391 e. The second-order valence-electron chi connectivity index (χ2n) is 1.68. The molecule has 0 saturated heterocycles. The van der Waals surface area contributed by atoms with Crippen molar-refractivity contribution in [2.75, 3.05) is 6.54 Å². The topological polar surface area (TPSA) is 144 Å². The van der Waals surface area contributed by atoms with Crippen molar-refractivity contribution < 1.29 is 5.11 Å². The number of aliphatic hydroxyl groups is 1. The van der Waals surface area contributed by atoms with Crippen molar-refractivity contribution >= 4 is 0 Å². The summed E-state index contributed by atoms with van der Waals surface area (Å²) >= 11 is 0. The van der Waals surface area contributed by atoms with Crippen molar-refractivity contribution in [2.24, 2.45) is 16.0 Å². The SMILES string of the molecule is [N-]=[N+]=NCC(O)C(N)N=[N+]=[N-]. The van der Waals surface area contributed by atoms with E-state index in [4.69, 9.17) is 21.9 Å². The van der Waals surface area contributed by atoms with Crippen molar-refractivity contribution in [3.05, 3.63) is 20.9 Å². The van der Waals surface area contributed by atoms with Crippen molar-refractivity contribution in [3.8, 4) is 0 Å². The van der Waals surface area contributed by atoms with Gasteiger partial charge < -0.3 is 10.8 Å². The Kier molecular flexibility index (Phi) is 4.63. The number of rotatable bonds is 4. The third-order valence-electron chi connectivity index (χ3n) is 0.911. The van der Waals surface area contributed by atoms with E-state index >= 15 is 0 Å². The summed E-state index contributed by atoms with van der Waals surface area (Å²) in [5.74, 6) is 0. The van der Waals surface area contributed by atoms with Crippen molar-refractivity contribution in [2.45, 2.75) is 12.3 Å². The molecule has 11 heavy (non-hydrogen) atoms. The zero-order chi connectivity index (χ0) is 8.69. The van der Waals surface area contributed by atoms with Gasteiger partial charge in [-0.2, -0.15) is 0 Å².